The van der Waals surface area contributed by atoms with E-state index in [2.05, 4.69) is 10.2 Å². The Morgan fingerprint density at radius 2 is 2.06 bits per heavy atom. The third-order valence-corrected chi connectivity index (χ3v) is 4.21. The molecular weight excluding hydrogens is 228 g/mol. The minimum Gasteiger partial charge on any atom is -0.381 e. The number of carbonyl (C=O) groups is 1. The normalized spacial score (nSPS) is 26.3. The number of ether oxygens (including phenoxy) is 1. The summed E-state index contributed by atoms with van der Waals surface area (Å²) in [6, 6.07) is 0.460. The smallest absolute Gasteiger partial charge is 0.226 e. The van der Waals surface area contributed by atoms with Crippen molar-refractivity contribution in [3.63, 3.8) is 0 Å². The van der Waals surface area contributed by atoms with Gasteiger partial charge in [-0.25, -0.2) is 0 Å². The van der Waals surface area contributed by atoms with Crippen LogP contribution in [0.15, 0.2) is 0 Å². The second kappa shape index (κ2) is 7.10. The molecule has 2 aliphatic heterocycles. The number of piperidine rings is 1. The van der Waals surface area contributed by atoms with E-state index in [1.807, 2.05) is 7.05 Å². The van der Waals surface area contributed by atoms with Gasteiger partial charge in [-0.05, 0) is 52.1 Å². The van der Waals surface area contributed by atoms with Gasteiger partial charge in [-0.2, -0.15) is 0 Å². The van der Waals surface area contributed by atoms with E-state index in [9.17, 15) is 4.79 Å². The molecule has 0 spiro atoms. The lowest BCUT2D eigenvalue weighted by molar-refractivity contribution is -0.142. The molecule has 4 heteroatoms. The number of amides is 1. The van der Waals surface area contributed by atoms with Crippen LogP contribution < -0.4 is 5.32 Å². The highest BCUT2D eigenvalue weighted by atomic mass is 16.5. The van der Waals surface area contributed by atoms with Crippen LogP contribution in [0, 0.1) is 5.92 Å². The third-order valence-electron chi connectivity index (χ3n) is 4.21. The first-order valence-electron chi connectivity index (χ1n) is 7.35. The number of nitrogens with zero attached hydrogens (tertiary/aromatic N) is 1. The summed E-state index contributed by atoms with van der Waals surface area (Å²) >= 11 is 0. The number of hydrogen-bond acceptors (Lipinski definition) is 3. The van der Waals surface area contributed by atoms with Crippen molar-refractivity contribution in [2.75, 3.05) is 33.4 Å². The molecule has 2 fully saturated rings. The fraction of sp³-hybridized carbons (Fsp3) is 0.929. The van der Waals surface area contributed by atoms with Crippen LogP contribution in [0.4, 0.5) is 0 Å². The van der Waals surface area contributed by atoms with E-state index >= 15 is 0 Å². The van der Waals surface area contributed by atoms with E-state index in [0.717, 1.165) is 45.6 Å². The number of nitrogens with one attached hydrogen (secondary N) is 1. The van der Waals surface area contributed by atoms with E-state index in [4.69, 9.17) is 4.74 Å². The minimum absolute atomic E-state index is 0.217. The van der Waals surface area contributed by atoms with E-state index in [1.54, 1.807) is 0 Å². The fourth-order valence-electron chi connectivity index (χ4n) is 3.08. The standard InChI is InChI=1S/C14H26N2O2/c1-15-8-5-13-4-2-3-9-16(13)14(17)12-6-10-18-11-7-12/h12-13,15H,2-11H2,1H3. The van der Waals surface area contributed by atoms with Crippen LogP contribution in [0.25, 0.3) is 0 Å². The SMILES string of the molecule is CNCCC1CCCCN1C(=O)C1CCOCC1. The largest absolute Gasteiger partial charge is 0.381 e. The first-order valence-corrected chi connectivity index (χ1v) is 7.35. The zero-order valence-corrected chi connectivity index (χ0v) is 11.5. The summed E-state index contributed by atoms with van der Waals surface area (Å²) in [5, 5.41) is 3.20. The topological polar surface area (TPSA) is 41.6 Å². The van der Waals surface area contributed by atoms with Gasteiger partial charge in [0.15, 0.2) is 0 Å². The number of likely N-dealkylation sites (tertiary alicyclic amines) is 1. The highest BCUT2D eigenvalue weighted by Crippen LogP contribution is 2.25. The van der Waals surface area contributed by atoms with Gasteiger partial charge in [0.1, 0.15) is 0 Å². The summed E-state index contributed by atoms with van der Waals surface area (Å²) in [4.78, 5) is 14.7. The molecule has 0 aromatic rings. The Morgan fingerprint density at radius 1 is 1.28 bits per heavy atom. The molecule has 2 aliphatic rings. The lowest BCUT2D eigenvalue weighted by atomic mass is 9.93. The van der Waals surface area contributed by atoms with E-state index < -0.39 is 0 Å². The van der Waals surface area contributed by atoms with Crippen LogP contribution in [0.5, 0.6) is 0 Å². The second-order valence-electron chi connectivity index (χ2n) is 5.46. The maximum Gasteiger partial charge on any atom is 0.226 e. The highest BCUT2D eigenvalue weighted by Gasteiger charge is 2.31. The molecule has 4 nitrogen and oxygen atoms in total. The fourth-order valence-corrected chi connectivity index (χ4v) is 3.08. The van der Waals surface area contributed by atoms with Gasteiger partial charge in [-0.15, -0.1) is 0 Å². The van der Waals surface area contributed by atoms with Crippen molar-refractivity contribution in [1.29, 1.82) is 0 Å². The van der Waals surface area contributed by atoms with Crippen molar-refractivity contribution in [2.24, 2.45) is 5.92 Å². The van der Waals surface area contributed by atoms with Crippen molar-refractivity contribution in [2.45, 2.75) is 44.6 Å². The lowest BCUT2D eigenvalue weighted by Crippen LogP contribution is -2.48. The lowest BCUT2D eigenvalue weighted by Gasteiger charge is -2.38. The van der Waals surface area contributed by atoms with Crippen LogP contribution in [-0.4, -0.2) is 50.2 Å². The zero-order chi connectivity index (χ0) is 12.8. The van der Waals surface area contributed by atoms with E-state index in [-0.39, 0.29) is 5.92 Å². The minimum atomic E-state index is 0.217. The number of hydrogen-bond donors (Lipinski definition) is 1. The van der Waals surface area contributed by atoms with Gasteiger partial charge >= 0.3 is 0 Å². The Balaban J connectivity index is 1.91. The summed E-state index contributed by atoms with van der Waals surface area (Å²) in [6.45, 7) is 3.48. The molecule has 1 unspecified atom stereocenters. The maximum atomic E-state index is 12.6. The van der Waals surface area contributed by atoms with Crippen molar-refractivity contribution < 1.29 is 9.53 Å². The Labute approximate surface area is 110 Å². The van der Waals surface area contributed by atoms with Crippen LogP contribution in [-0.2, 0) is 9.53 Å². The van der Waals surface area contributed by atoms with Crippen LogP contribution >= 0.6 is 0 Å². The molecule has 1 N–H and O–H groups in total. The Morgan fingerprint density at radius 3 is 2.78 bits per heavy atom. The quantitative estimate of drug-likeness (QED) is 0.824. The summed E-state index contributed by atoms with van der Waals surface area (Å²) in [7, 11) is 1.98. The molecular formula is C14H26N2O2. The molecule has 1 amide bonds. The third kappa shape index (κ3) is 3.45. The monoisotopic (exact) mass is 254 g/mol. The van der Waals surface area contributed by atoms with Crippen molar-refractivity contribution in [3.05, 3.63) is 0 Å². The molecule has 18 heavy (non-hydrogen) atoms. The Bertz CT molecular complexity index is 265. The maximum absolute atomic E-state index is 12.6. The average Bonchev–Trinajstić information content (AvgIpc) is 2.45. The second-order valence-corrected chi connectivity index (χ2v) is 5.46. The van der Waals surface area contributed by atoms with Gasteiger partial charge in [0, 0.05) is 31.7 Å². The van der Waals surface area contributed by atoms with Crippen molar-refractivity contribution >= 4 is 5.91 Å². The summed E-state index contributed by atoms with van der Waals surface area (Å²) in [6.07, 6.45) is 6.53. The Hall–Kier alpha value is -0.610. The molecule has 0 bridgehead atoms. The molecule has 0 aliphatic carbocycles. The molecule has 0 aromatic heterocycles. The van der Waals surface area contributed by atoms with Crippen LogP contribution in [0.3, 0.4) is 0 Å². The first kappa shape index (κ1) is 13.8. The van der Waals surface area contributed by atoms with Crippen molar-refractivity contribution in [1.82, 2.24) is 10.2 Å². The van der Waals surface area contributed by atoms with Gasteiger partial charge in [0.2, 0.25) is 5.91 Å². The molecule has 2 heterocycles. The zero-order valence-electron chi connectivity index (χ0n) is 11.5. The van der Waals surface area contributed by atoms with Gasteiger partial charge in [0.05, 0.1) is 0 Å². The first-order chi connectivity index (χ1) is 8.83. The van der Waals surface area contributed by atoms with Gasteiger partial charge in [0.25, 0.3) is 0 Å². The molecule has 0 aromatic carbocycles. The Kier molecular flexibility index (Phi) is 5.45. The van der Waals surface area contributed by atoms with Crippen LogP contribution in [0.2, 0.25) is 0 Å². The average molecular weight is 254 g/mol. The van der Waals surface area contributed by atoms with Gasteiger partial charge < -0.3 is 15.0 Å². The number of rotatable bonds is 4. The van der Waals surface area contributed by atoms with E-state index in [1.165, 1.54) is 19.3 Å². The van der Waals surface area contributed by atoms with E-state index in [0.29, 0.717) is 11.9 Å². The summed E-state index contributed by atoms with van der Waals surface area (Å²) in [5.41, 5.74) is 0. The molecule has 1 atom stereocenters. The van der Waals surface area contributed by atoms with Gasteiger partial charge in [-0.1, -0.05) is 0 Å². The molecule has 104 valence electrons. The molecule has 2 saturated heterocycles. The number of carbonyl (C=O) groups excluding carboxylic acids is 1. The summed E-state index contributed by atoms with van der Waals surface area (Å²) in [5.74, 6) is 0.605. The highest BCUT2D eigenvalue weighted by molar-refractivity contribution is 5.79. The van der Waals surface area contributed by atoms with Crippen LogP contribution in [0.1, 0.15) is 38.5 Å². The van der Waals surface area contributed by atoms with Crippen molar-refractivity contribution in [3.8, 4) is 0 Å². The molecule has 0 radical (unpaired) electrons. The summed E-state index contributed by atoms with van der Waals surface area (Å²) < 4.78 is 5.35. The predicted molar refractivity (Wildman–Crippen MR) is 71.4 cm³/mol. The predicted octanol–water partition coefficient (Wildman–Crippen LogP) is 1.40. The van der Waals surface area contributed by atoms with Gasteiger partial charge in [-0.3, -0.25) is 4.79 Å². The molecule has 0 saturated carbocycles. The molecule has 2 rings (SSSR count).